The van der Waals surface area contributed by atoms with Gasteiger partial charge in [-0.15, -0.1) is 0 Å². The van der Waals surface area contributed by atoms with Crippen LogP contribution in [0.1, 0.15) is 16.7 Å². The van der Waals surface area contributed by atoms with Crippen LogP contribution in [0.15, 0.2) is 39.9 Å². The minimum atomic E-state index is -0.760. The van der Waals surface area contributed by atoms with Gasteiger partial charge in [0.15, 0.2) is 18.1 Å². The molecule has 0 aliphatic carbocycles. The van der Waals surface area contributed by atoms with E-state index in [0.29, 0.717) is 22.7 Å². The molecule has 9 heteroatoms. The van der Waals surface area contributed by atoms with E-state index in [1.165, 1.54) is 13.3 Å². The lowest BCUT2D eigenvalue weighted by Crippen LogP contribution is -2.24. The molecule has 2 aromatic rings. The molecule has 0 radical (unpaired) electrons. The Balaban J connectivity index is 2.01. The van der Waals surface area contributed by atoms with E-state index in [9.17, 15) is 9.59 Å². The molecule has 2 rings (SSSR count). The van der Waals surface area contributed by atoms with Gasteiger partial charge in [0.05, 0.1) is 19.0 Å². The zero-order valence-corrected chi connectivity index (χ0v) is 17.3. The molecule has 0 spiro atoms. The number of carbonyl (C=O) groups is 2. The van der Waals surface area contributed by atoms with Crippen LogP contribution in [-0.2, 0) is 4.79 Å². The molecule has 4 N–H and O–H groups in total. The SMILES string of the molecule is COc1cc(/C=N\NC(N)=O)ccc1OCC(=O)Nc1cc(C)c(C)cc1Br. The van der Waals surface area contributed by atoms with Gasteiger partial charge in [-0.05, 0) is 76.8 Å². The number of hydrogen-bond acceptors (Lipinski definition) is 5. The Morgan fingerprint density at radius 1 is 1.18 bits per heavy atom. The Labute approximate surface area is 171 Å². The van der Waals surface area contributed by atoms with E-state index in [0.717, 1.165) is 15.6 Å². The van der Waals surface area contributed by atoms with Gasteiger partial charge in [0.2, 0.25) is 0 Å². The highest BCUT2D eigenvalue weighted by Gasteiger charge is 2.11. The van der Waals surface area contributed by atoms with Crippen molar-refractivity contribution in [2.45, 2.75) is 13.8 Å². The molecule has 28 heavy (non-hydrogen) atoms. The van der Waals surface area contributed by atoms with E-state index < -0.39 is 6.03 Å². The summed E-state index contributed by atoms with van der Waals surface area (Å²) in [6.07, 6.45) is 1.40. The summed E-state index contributed by atoms with van der Waals surface area (Å²) in [5.41, 5.74) is 10.6. The molecule has 0 saturated heterocycles. The highest BCUT2D eigenvalue weighted by atomic mass is 79.9. The van der Waals surface area contributed by atoms with Gasteiger partial charge in [-0.2, -0.15) is 5.10 Å². The quantitative estimate of drug-likeness (QED) is 0.445. The van der Waals surface area contributed by atoms with Crippen molar-refractivity contribution < 1.29 is 19.1 Å². The third-order valence-corrected chi connectivity index (χ3v) is 4.45. The number of aryl methyl sites for hydroxylation is 2. The number of ether oxygens (including phenoxy) is 2. The third kappa shape index (κ3) is 5.98. The molecule has 0 aliphatic rings. The Morgan fingerprint density at radius 3 is 2.57 bits per heavy atom. The molecule has 0 aliphatic heterocycles. The number of carbonyl (C=O) groups excluding carboxylic acids is 2. The number of primary amides is 1. The monoisotopic (exact) mass is 448 g/mol. The first kappa shape index (κ1) is 21.2. The molecular formula is C19H21BrN4O4. The zero-order valence-electron chi connectivity index (χ0n) is 15.7. The molecule has 3 amide bonds. The fraction of sp³-hybridized carbons (Fsp3) is 0.211. The second kappa shape index (κ2) is 9.75. The van der Waals surface area contributed by atoms with Crippen LogP contribution in [-0.4, -0.2) is 31.9 Å². The minimum Gasteiger partial charge on any atom is -0.493 e. The number of nitrogens with zero attached hydrogens (tertiary/aromatic N) is 1. The zero-order chi connectivity index (χ0) is 20.7. The first-order chi connectivity index (χ1) is 13.3. The predicted molar refractivity (Wildman–Crippen MR) is 111 cm³/mol. The fourth-order valence-electron chi connectivity index (χ4n) is 2.26. The van der Waals surface area contributed by atoms with E-state index in [4.69, 9.17) is 15.2 Å². The average molecular weight is 449 g/mol. The van der Waals surface area contributed by atoms with Gasteiger partial charge in [-0.3, -0.25) is 4.79 Å². The summed E-state index contributed by atoms with van der Waals surface area (Å²) in [5.74, 6) is 0.516. The molecule has 0 saturated carbocycles. The Bertz CT molecular complexity index is 915. The van der Waals surface area contributed by atoms with E-state index >= 15 is 0 Å². The second-order valence-electron chi connectivity index (χ2n) is 5.90. The molecular weight excluding hydrogens is 428 g/mol. The maximum Gasteiger partial charge on any atom is 0.332 e. The predicted octanol–water partition coefficient (Wildman–Crippen LogP) is 3.09. The van der Waals surface area contributed by atoms with Gasteiger partial charge >= 0.3 is 6.03 Å². The largest absolute Gasteiger partial charge is 0.493 e. The van der Waals surface area contributed by atoms with Crippen molar-refractivity contribution in [1.82, 2.24) is 5.43 Å². The summed E-state index contributed by atoms with van der Waals surface area (Å²) in [7, 11) is 1.48. The van der Waals surface area contributed by atoms with Crippen LogP contribution < -0.4 is 25.9 Å². The van der Waals surface area contributed by atoms with Gasteiger partial charge in [0, 0.05) is 4.47 Å². The van der Waals surface area contributed by atoms with Gasteiger partial charge in [-0.25, -0.2) is 10.2 Å². The standard InChI is InChI=1S/C19H21BrN4O4/c1-11-6-14(20)15(7-12(11)2)23-18(25)10-28-16-5-4-13(8-17(16)27-3)9-22-24-19(21)26/h4-9H,10H2,1-3H3,(H,23,25)(H3,21,24,26)/b22-9-. The van der Waals surface area contributed by atoms with Crippen LogP contribution in [0.3, 0.4) is 0 Å². The Morgan fingerprint density at radius 2 is 1.89 bits per heavy atom. The van der Waals surface area contributed by atoms with Crippen LogP contribution in [0.5, 0.6) is 11.5 Å². The van der Waals surface area contributed by atoms with Gasteiger partial charge < -0.3 is 20.5 Å². The van der Waals surface area contributed by atoms with E-state index in [1.807, 2.05) is 26.0 Å². The molecule has 0 heterocycles. The van der Waals surface area contributed by atoms with Crippen molar-refractivity contribution in [2.75, 3.05) is 19.0 Å². The summed E-state index contributed by atoms with van der Waals surface area (Å²) in [4.78, 5) is 22.8. The Kier molecular flexibility index (Phi) is 7.39. The van der Waals surface area contributed by atoms with Gasteiger partial charge in [0.25, 0.3) is 5.91 Å². The smallest absolute Gasteiger partial charge is 0.332 e. The van der Waals surface area contributed by atoms with E-state index in [2.05, 4.69) is 31.8 Å². The fourth-order valence-corrected chi connectivity index (χ4v) is 2.82. The van der Waals surface area contributed by atoms with Gasteiger partial charge in [0.1, 0.15) is 0 Å². The van der Waals surface area contributed by atoms with Crippen LogP contribution in [0.2, 0.25) is 0 Å². The number of nitrogens with one attached hydrogen (secondary N) is 2. The van der Waals surface area contributed by atoms with Gasteiger partial charge in [-0.1, -0.05) is 0 Å². The van der Waals surface area contributed by atoms with Crippen LogP contribution in [0.25, 0.3) is 0 Å². The number of hydrazone groups is 1. The topological polar surface area (TPSA) is 115 Å². The van der Waals surface area contributed by atoms with Crippen molar-refractivity contribution in [1.29, 1.82) is 0 Å². The highest BCUT2D eigenvalue weighted by molar-refractivity contribution is 9.10. The molecule has 148 valence electrons. The van der Waals surface area contributed by atoms with Crippen molar-refractivity contribution >= 4 is 39.8 Å². The second-order valence-corrected chi connectivity index (χ2v) is 6.75. The molecule has 2 aromatic carbocycles. The summed E-state index contributed by atoms with van der Waals surface area (Å²) in [5, 5.41) is 6.49. The minimum absolute atomic E-state index is 0.188. The molecule has 0 bridgehead atoms. The number of amides is 3. The maximum atomic E-state index is 12.2. The lowest BCUT2D eigenvalue weighted by atomic mass is 10.1. The number of methoxy groups -OCH3 is 1. The molecule has 0 fully saturated rings. The number of benzene rings is 2. The summed E-state index contributed by atoms with van der Waals surface area (Å²) < 4.78 is 11.6. The van der Waals surface area contributed by atoms with Crippen molar-refractivity contribution in [2.24, 2.45) is 10.8 Å². The maximum absolute atomic E-state index is 12.2. The number of halogens is 1. The summed E-state index contributed by atoms with van der Waals surface area (Å²) in [6, 6.07) is 8.07. The lowest BCUT2D eigenvalue weighted by molar-refractivity contribution is -0.118. The van der Waals surface area contributed by atoms with E-state index in [1.54, 1.807) is 18.2 Å². The molecule has 0 aromatic heterocycles. The molecule has 0 atom stereocenters. The first-order valence-electron chi connectivity index (χ1n) is 8.26. The lowest BCUT2D eigenvalue weighted by Gasteiger charge is -2.13. The number of anilines is 1. The normalized spacial score (nSPS) is 10.6. The number of nitrogens with two attached hydrogens (primary N) is 1. The summed E-state index contributed by atoms with van der Waals surface area (Å²) in [6.45, 7) is 3.79. The van der Waals surface area contributed by atoms with Crippen molar-refractivity contribution in [3.05, 3.63) is 51.5 Å². The van der Waals surface area contributed by atoms with Crippen molar-refractivity contribution in [3.8, 4) is 11.5 Å². The number of rotatable bonds is 7. The molecule has 0 unspecified atom stereocenters. The van der Waals surface area contributed by atoms with Crippen LogP contribution in [0.4, 0.5) is 10.5 Å². The number of urea groups is 1. The molecule has 8 nitrogen and oxygen atoms in total. The number of hydrogen-bond donors (Lipinski definition) is 3. The third-order valence-electron chi connectivity index (χ3n) is 3.79. The Hall–Kier alpha value is -3.07. The van der Waals surface area contributed by atoms with E-state index in [-0.39, 0.29) is 12.5 Å². The van der Waals surface area contributed by atoms with Crippen LogP contribution in [0, 0.1) is 13.8 Å². The summed E-state index contributed by atoms with van der Waals surface area (Å²) >= 11 is 3.44. The first-order valence-corrected chi connectivity index (χ1v) is 9.05. The average Bonchev–Trinajstić information content (AvgIpc) is 2.64. The highest BCUT2D eigenvalue weighted by Crippen LogP contribution is 2.28. The van der Waals surface area contributed by atoms with Crippen LogP contribution >= 0.6 is 15.9 Å². The van der Waals surface area contributed by atoms with Crippen molar-refractivity contribution in [3.63, 3.8) is 0 Å².